The minimum atomic E-state index is -0.414. The van der Waals surface area contributed by atoms with Crippen molar-refractivity contribution in [2.45, 2.75) is 20.3 Å². The highest BCUT2D eigenvalue weighted by molar-refractivity contribution is 5.91. The van der Waals surface area contributed by atoms with Crippen LogP contribution in [0.2, 0.25) is 0 Å². The molecule has 0 aliphatic rings. The van der Waals surface area contributed by atoms with E-state index >= 15 is 0 Å². The van der Waals surface area contributed by atoms with Gasteiger partial charge in [-0.05, 0) is 61.9 Å². The summed E-state index contributed by atoms with van der Waals surface area (Å²) in [5, 5.41) is 0. The first-order valence-corrected chi connectivity index (χ1v) is 8.48. The molecule has 25 heavy (non-hydrogen) atoms. The third kappa shape index (κ3) is 6.47. The Morgan fingerprint density at radius 1 is 0.760 bits per heavy atom. The van der Waals surface area contributed by atoms with E-state index in [1.54, 1.807) is 48.5 Å². The molecule has 0 aliphatic heterocycles. The van der Waals surface area contributed by atoms with Gasteiger partial charge in [-0.2, -0.15) is 0 Å². The topological polar surface area (TPSA) is 54.0 Å². The zero-order chi connectivity index (χ0) is 17.9. The van der Waals surface area contributed by atoms with Crippen LogP contribution in [0.15, 0.2) is 48.5 Å². The maximum atomic E-state index is 12.2. The van der Waals surface area contributed by atoms with E-state index in [2.05, 4.69) is 0 Å². The van der Waals surface area contributed by atoms with Gasteiger partial charge in [-0.25, -0.2) is 4.79 Å². The van der Waals surface area contributed by atoms with Crippen molar-refractivity contribution >= 4 is 5.97 Å². The number of hydrogen-bond acceptors (Lipinski definition) is 5. The highest BCUT2D eigenvalue weighted by Gasteiger charge is 2.09. The lowest BCUT2D eigenvalue weighted by molar-refractivity contribution is 0.0734. The third-order valence-corrected chi connectivity index (χ3v) is 3.30. The van der Waals surface area contributed by atoms with E-state index < -0.39 is 5.97 Å². The predicted molar refractivity (Wildman–Crippen MR) is 95.6 cm³/mol. The molecule has 0 saturated heterocycles. The molecule has 5 nitrogen and oxygen atoms in total. The highest BCUT2D eigenvalue weighted by Crippen LogP contribution is 2.19. The second-order valence-corrected chi connectivity index (χ2v) is 5.28. The van der Waals surface area contributed by atoms with Gasteiger partial charge in [-0.1, -0.05) is 6.92 Å². The summed E-state index contributed by atoms with van der Waals surface area (Å²) in [6, 6.07) is 13.8. The molecule has 0 bridgehead atoms. The SMILES string of the molecule is CCCOc1ccc(OC(=O)c2ccc(OCCOCC)cc2)cc1. The maximum absolute atomic E-state index is 12.2. The molecule has 0 heterocycles. The van der Waals surface area contributed by atoms with Crippen molar-refractivity contribution in [1.29, 1.82) is 0 Å². The second-order valence-electron chi connectivity index (χ2n) is 5.28. The summed E-state index contributed by atoms with van der Waals surface area (Å²) >= 11 is 0. The van der Waals surface area contributed by atoms with E-state index in [-0.39, 0.29) is 0 Å². The number of esters is 1. The van der Waals surface area contributed by atoms with Crippen molar-refractivity contribution in [1.82, 2.24) is 0 Å². The van der Waals surface area contributed by atoms with Gasteiger partial charge in [0.1, 0.15) is 23.9 Å². The van der Waals surface area contributed by atoms with E-state index in [1.807, 2.05) is 13.8 Å². The fraction of sp³-hybridized carbons (Fsp3) is 0.350. The summed E-state index contributed by atoms with van der Waals surface area (Å²) in [7, 11) is 0. The molecule has 0 aliphatic carbocycles. The molecule has 0 radical (unpaired) electrons. The fourth-order valence-corrected chi connectivity index (χ4v) is 2.04. The van der Waals surface area contributed by atoms with Gasteiger partial charge in [0, 0.05) is 6.61 Å². The zero-order valence-electron chi connectivity index (χ0n) is 14.7. The third-order valence-electron chi connectivity index (χ3n) is 3.30. The Hall–Kier alpha value is -2.53. The van der Waals surface area contributed by atoms with Gasteiger partial charge >= 0.3 is 5.97 Å². The lowest BCUT2D eigenvalue weighted by Crippen LogP contribution is -2.09. The summed E-state index contributed by atoms with van der Waals surface area (Å²) in [4.78, 5) is 12.2. The molecule has 2 aromatic carbocycles. The number of carbonyl (C=O) groups excluding carboxylic acids is 1. The predicted octanol–water partition coefficient (Wildman–Crippen LogP) is 4.11. The molecule has 134 valence electrons. The molecular formula is C20H24O5. The highest BCUT2D eigenvalue weighted by atomic mass is 16.5. The number of rotatable bonds is 10. The van der Waals surface area contributed by atoms with E-state index in [4.69, 9.17) is 18.9 Å². The fourth-order valence-electron chi connectivity index (χ4n) is 2.04. The second kappa shape index (κ2) is 10.4. The first-order chi connectivity index (χ1) is 12.2. The number of hydrogen-bond donors (Lipinski definition) is 0. The van der Waals surface area contributed by atoms with Gasteiger partial charge in [0.25, 0.3) is 0 Å². The van der Waals surface area contributed by atoms with Crippen LogP contribution < -0.4 is 14.2 Å². The Kier molecular flexibility index (Phi) is 7.79. The minimum Gasteiger partial charge on any atom is -0.494 e. The molecule has 0 saturated carbocycles. The first-order valence-electron chi connectivity index (χ1n) is 8.48. The van der Waals surface area contributed by atoms with E-state index in [1.165, 1.54) is 0 Å². The summed E-state index contributed by atoms with van der Waals surface area (Å²) < 4.78 is 21.6. The first kappa shape index (κ1) is 18.8. The Labute approximate surface area is 148 Å². The normalized spacial score (nSPS) is 10.3. The van der Waals surface area contributed by atoms with Gasteiger partial charge in [0.15, 0.2) is 0 Å². The summed E-state index contributed by atoms with van der Waals surface area (Å²) in [6.45, 7) is 6.33. The summed E-state index contributed by atoms with van der Waals surface area (Å²) in [5.41, 5.74) is 0.462. The van der Waals surface area contributed by atoms with Crippen molar-refractivity contribution in [2.24, 2.45) is 0 Å². The quantitative estimate of drug-likeness (QED) is 0.369. The standard InChI is InChI=1S/C20H24O5/c1-3-13-23-18-9-11-19(12-10-18)25-20(21)16-5-7-17(8-6-16)24-15-14-22-4-2/h5-12H,3-4,13-15H2,1-2H3. The zero-order valence-corrected chi connectivity index (χ0v) is 14.7. The molecule has 2 aromatic rings. The molecular weight excluding hydrogens is 320 g/mol. The van der Waals surface area contributed by atoms with E-state index in [0.29, 0.717) is 43.5 Å². The van der Waals surface area contributed by atoms with Crippen LogP contribution in [0.4, 0.5) is 0 Å². The Bertz CT molecular complexity index is 634. The number of ether oxygens (including phenoxy) is 4. The van der Waals surface area contributed by atoms with Crippen LogP contribution in [0.1, 0.15) is 30.6 Å². The van der Waals surface area contributed by atoms with Crippen LogP contribution in [0.25, 0.3) is 0 Å². The maximum Gasteiger partial charge on any atom is 0.343 e. The lowest BCUT2D eigenvalue weighted by Gasteiger charge is -2.08. The largest absolute Gasteiger partial charge is 0.494 e. The Morgan fingerprint density at radius 3 is 1.92 bits per heavy atom. The summed E-state index contributed by atoms with van der Waals surface area (Å²) in [5.74, 6) is 1.51. The van der Waals surface area contributed by atoms with Gasteiger partial charge in [-0.3, -0.25) is 0 Å². The Balaban J connectivity index is 1.85. The van der Waals surface area contributed by atoms with E-state index in [0.717, 1.165) is 12.2 Å². The molecule has 0 spiro atoms. The van der Waals surface area contributed by atoms with Gasteiger partial charge < -0.3 is 18.9 Å². The van der Waals surface area contributed by atoms with Crippen LogP contribution in [0.5, 0.6) is 17.2 Å². The minimum absolute atomic E-state index is 0.414. The van der Waals surface area contributed by atoms with Crippen molar-refractivity contribution in [3.8, 4) is 17.2 Å². The van der Waals surface area contributed by atoms with Crippen LogP contribution in [0, 0.1) is 0 Å². The van der Waals surface area contributed by atoms with Gasteiger partial charge in [0.05, 0.1) is 18.8 Å². The monoisotopic (exact) mass is 344 g/mol. The van der Waals surface area contributed by atoms with Crippen molar-refractivity contribution in [2.75, 3.05) is 26.4 Å². The molecule has 0 amide bonds. The van der Waals surface area contributed by atoms with Crippen LogP contribution in [0.3, 0.4) is 0 Å². The Morgan fingerprint density at radius 2 is 1.32 bits per heavy atom. The molecule has 2 rings (SSSR count). The summed E-state index contributed by atoms with van der Waals surface area (Å²) in [6.07, 6.45) is 0.947. The molecule has 5 heteroatoms. The van der Waals surface area contributed by atoms with Crippen LogP contribution in [-0.4, -0.2) is 32.4 Å². The number of benzene rings is 2. The molecule has 0 atom stereocenters. The van der Waals surface area contributed by atoms with Gasteiger partial charge in [-0.15, -0.1) is 0 Å². The van der Waals surface area contributed by atoms with E-state index in [9.17, 15) is 4.79 Å². The molecule has 0 unspecified atom stereocenters. The lowest BCUT2D eigenvalue weighted by atomic mass is 10.2. The van der Waals surface area contributed by atoms with Crippen molar-refractivity contribution in [3.63, 3.8) is 0 Å². The van der Waals surface area contributed by atoms with Crippen LogP contribution in [-0.2, 0) is 4.74 Å². The van der Waals surface area contributed by atoms with Crippen molar-refractivity contribution < 1.29 is 23.7 Å². The molecule has 0 aromatic heterocycles. The van der Waals surface area contributed by atoms with Gasteiger partial charge in [0.2, 0.25) is 0 Å². The average Bonchev–Trinajstić information content (AvgIpc) is 2.65. The molecule has 0 N–H and O–H groups in total. The number of carbonyl (C=O) groups is 1. The average molecular weight is 344 g/mol. The molecule has 0 fully saturated rings. The van der Waals surface area contributed by atoms with Crippen molar-refractivity contribution in [3.05, 3.63) is 54.1 Å². The smallest absolute Gasteiger partial charge is 0.343 e. The van der Waals surface area contributed by atoms with Crippen LogP contribution >= 0.6 is 0 Å².